The van der Waals surface area contributed by atoms with Gasteiger partial charge in [-0.1, -0.05) is 128 Å². The van der Waals surface area contributed by atoms with E-state index in [1.807, 2.05) is 55.4 Å². The fourth-order valence-corrected chi connectivity index (χ4v) is 4.21. The van der Waals surface area contributed by atoms with E-state index in [1.165, 1.54) is 24.0 Å². The highest BCUT2D eigenvalue weighted by Gasteiger charge is 2.40. The molecular weight excluding hydrogens is 336 g/mol. The SMILES string of the molecule is C1=CC2CC1CC2C(c1ccccc1)c1ccccc1.CC.CC.CC.CC. The topological polar surface area (TPSA) is 0 Å². The Kier molecular flexibility index (Phi) is 15.1. The molecular formula is C28H44. The summed E-state index contributed by atoms with van der Waals surface area (Å²) in [5.41, 5.74) is 2.95. The lowest BCUT2D eigenvalue weighted by Gasteiger charge is -2.29. The van der Waals surface area contributed by atoms with E-state index in [0.717, 1.165) is 17.8 Å². The maximum atomic E-state index is 2.47. The minimum absolute atomic E-state index is 0.553. The van der Waals surface area contributed by atoms with Gasteiger partial charge in [0.05, 0.1) is 0 Å². The molecule has 2 bridgehead atoms. The lowest BCUT2D eigenvalue weighted by Crippen LogP contribution is -2.18. The molecule has 0 radical (unpaired) electrons. The summed E-state index contributed by atoms with van der Waals surface area (Å²) in [5, 5.41) is 0. The third kappa shape index (κ3) is 6.97. The van der Waals surface area contributed by atoms with Crippen LogP contribution in [0.5, 0.6) is 0 Å². The first-order valence-corrected chi connectivity index (χ1v) is 11.7. The Morgan fingerprint density at radius 2 is 1.00 bits per heavy atom. The summed E-state index contributed by atoms with van der Waals surface area (Å²) in [5.74, 6) is 2.94. The fourth-order valence-electron chi connectivity index (χ4n) is 4.21. The molecule has 0 saturated heterocycles. The van der Waals surface area contributed by atoms with Crippen LogP contribution in [0.1, 0.15) is 85.3 Å². The van der Waals surface area contributed by atoms with E-state index in [4.69, 9.17) is 0 Å². The molecule has 2 aliphatic carbocycles. The van der Waals surface area contributed by atoms with Crippen LogP contribution in [-0.4, -0.2) is 0 Å². The zero-order valence-electron chi connectivity index (χ0n) is 19.7. The molecule has 1 saturated carbocycles. The molecule has 3 atom stereocenters. The van der Waals surface area contributed by atoms with Gasteiger partial charge in [-0.25, -0.2) is 0 Å². The third-order valence-corrected chi connectivity index (χ3v) is 5.08. The predicted molar refractivity (Wildman–Crippen MR) is 129 cm³/mol. The Balaban J connectivity index is 0.000000818. The van der Waals surface area contributed by atoms with Crippen LogP contribution in [0.15, 0.2) is 72.8 Å². The number of allylic oxidation sites excluding steroid dienone is 2. The quantitative estimate of drug-likeness (QED) is 0.466. The summed E-state index contributed by atoms with van der Waals surface area (Å²) in [6.45, 7) is 16.0. The zero-order chi connectivity index (χ0) is 21.4. The summed E-state index contributed by atoms with van der Waals surface area (Å²) in [7, 11) is 0. The van der Waals surface area contributed by atoms with Crippen LogP contribution < -0.4 is 0 Å². The second-order valence-corrected chi connectivity index (χ2v) is 6.24. The maximum Gasteiger partial charge on any atom is 0.0123 e. The van der Waals surface area contributed by atoms with Crippen molar-refractivity contribution in [3.8, 4) is 0 Å². The number of rotatable bonds is 3. The molecule has 4 rings (SSSR count). The molecule has 0 spiro atoms. The molecule has 0 nitrogen and oxygen atoms in total. The lowest BCUT2D eigenvalue weighted by atomic mass is 9.74. The normalized spacial score (nSPS) is 20.4. The van der Waals surface area contributed by atoms with Gasteiger partial charge in [0.2, 0.25) is 0 Å². The summed E-state index contributed by atoms with van der Waals surface area (Å²) in [6, 6.07) is 22.1. The molecule has 2 aromatic carbocycles. The number of hydrogen-bond donors (Lipinski definition) is 0. The highest BCUT2D eigenvalue weighted by atomic mass is 14.4. The lowest BCUT2D eigenvalue weighted by molar-refractivity contribution is 0.399. The van der Waals surface area contributed by atoms with Crippen molar-refractivity contribution in [2.45, 2.75) is 74.1 Å². The van der Waals surface area contributed by atoms with Crippen LogP contribution in [0.2, 0.25) is 0 Å². The van der Waals surface area contributed by atoms with Crippen molar-refractivity contribution in [1.82, 2.24) is 0 Å². The highest BCUT2D eigenvalue weighted by Crippen LogP contribution is 2.51. The fraction of sp³-hybridized carbons (Fsp3) is 0.500. The van der Waals surface area contributed by atoms with Crippen molar-refractivity contribution in [3.63, 3.8) is 0 Å². The van der Waals surface area contributed by atoms with Gasteiger partial charge in [-0.2, -0.15) is 0 Å². The Hall–Kier alpha value is -1.82. The first kappa shape index (κ1) is 26.2. The third-order valence-electron chi connectivity index (χ3n) is 5.08. The average Bonchev–Trinajstić information content (AvgIpc) is 3.45. The summed E-state index contributed by atoms with van der Waals surface area (Å²) < 4.78 is 0. The first-order valence-electron chi connectivity index (χ1n) is 11.7. The van der Waals surface area contributed by atoms with E-state index < -0.39 is 0 Å². The van der Waals surface area contributed by atoms with Gasteiger partial charge in [0, 0.05) is 5.92 Å². The molecule has 2 aromatic rings. The molecule has 0 aliphatic heterocycles. The van der Waals surface area contributed by atoms with Gasteiger partial charge in [0.15, 0.2) is 0 Å². The zero-order valence-corrected chi connectivity index (χ0v) is 19.7. The van der Waals surface area contributed by atoms with Gasteiger partial charge < -0.3 is 0 Å². The molecule has 2 aliphatic rings. The Morgan fingerprint density at radius 1 is 0.571 bits per heavy atom. The van der Waals surface area contributed by atoms with E-state index >= 15 is 0 Å². The van der Waals surface area contributed by atoms with Crippen molar-refractivity contribution < 1.29 is 0 Å². The largest absolute Gasteiger partial charge is 0.0851 e. The van der Waals surface area contributed by atoms with Crippen LogP contribution >= 0.6 is 0 Å². The molecule has 0 aromatic heterocycles. The van der Waals surface area contributed by atoms with Crippen molar-refractivity contribution in [2.75, 3.05) is 0 Å². The van der Waals surface area contributed by atoms with Crippen molar-refractivity contribution in [2.24, 2.45) is 17.8 Å². The molecule has 156 valence electrons. The van der Waals surface area contributed by atoms with E-state index in [9.17, 15) is 0 Å². The molecule has 0 N–H and O–H groups in total. The van der Waals surface area contributed by atoms with Gasteiger partial charge in [-0.05, 0) is 41.7 Å². The number of benzene rings is 2. The van der Waals surface area contributed by atoms with E-state index in [2.05, 4.69) is 72.8 Å². The number of hydrogen-bond acceptors (Lipinski definition) is 0. The van der Waals surface area contributed by atoms with Crippen LogP contribution in [0.4, 0.5) is 0 Å². The highest BCUT2D eigenvalue weighted by molar-refractivity contribution is 5.35. The van der Waals surface area contributed by atoms with Crippen LogP contribution in [0.25, 0.3) is 0 Å². The first-order chi connectivity index (χ1) is 13.9. The van der Waals surface area contributed by atoms with Gasteiger partial charge in [-0.15, -0.1) is 0 Å². The maximum absolute atomic E-state index is 2.47. The van der Waals surface area contributed by atoms with Crippen molar-refractivity contribution in [1.29, 1.82) is 0 Å². The molecule has 1 fully saturated rings. The standard InChI is InChI=1S/C20H20.4C2H6/c1-3-7-16(8-4-1)20(17-9-5-2-6-10-17)19-14-15-11-12-18(19)13-15;4*1-2/h1-12,15,18-20H,13-14H2;4*1-2H3. The van der Waals surface area contributed by atoms with Crippen molar-refractivity contribution in [3.05, 3.63) is 83.9 Å². The van der Waals surface area contributed by atoms with Crippen molar-refractivity contribution >= 4 is 0 Å². The summed E-state index contributed by atoms with van der Waals surface area (Å²) in [4.78, 5) is 0. The minimum Gasteiger partial charge on any atom is -0.0851 e. The second kappa shape index (κ2) is 16.2. The molecule has 28 heavy (non-hydrogen) atoms. The van der Waals surface area contributed by atoms with E-state index in [-0.39, 0.29) is 0 Å². The number of fused-ring (bicyclic) bond motifs is 2. The summed E-state index contributed by atoms with van der Waals surface area (Å²) >= 11 is 0. The van der Waals surface area contributed by atoms with Crippen LogP contribution in [0, 0.1) is 17.8 Å². The molecule has 0 amide bonds. The Morgan fingerprint density at radius 3 is 1.32 bits per heavy atom. The second-order valence-electron chi connectivity index (χ2n) is 6.24. The minimum atomic E-state index is 0.553. The molecule has 3 unspecified atom stereocenters. The van der Waals surface area contributed by atoms with Gasteiger partial charge in [0.1, 0.15) is 0 Å². The Labute approximate surface area is 176 Å². The van der Waals surface area contributed by atoms with E-state index in [1.54, 1.807) is 0 Å². The van der Waals surface area contributed by atoms with Gasteiger partial charge in [-0.3, -0.25) is 0 Å². The predicted octanol–water partition coefficient (Wildman–Crippen LogP) is 9.14. The van der Waals surface area contributed by atoms with E-state index in [0.29, 0.717) is 5.92 Å². The summed E-state index contributed by atoms with van der Waals surface area (Å²) in [6.07, 6.45) is 7.64. The van der Waals surface area contributed by atoms with Gasteiger partial charge in [0.25, 0.3) is 0 Å². The molecule has 0 heteroatoms. The average molecular weight is 381 g/mol. The van der Waals surface area contributed by atoms with Gasteiger partial charge >= 0.3 is 0 Å². The Bertz CT molecular complexity index is 557. The van der Waals surface area contributed by atoms with Crippen LogP contribution in [0.3, 0.4) is 0 Å². The molecule has 0 heterocycles. The monoisotopic (exact) mass is 380 g/mol. The van der Waals surface area contributed by atoms with Crippen LogP contribution in [-0.2, 0) is 0 Å². The smallest absolute Gasteiger partial charge is 0.0123 e.